The van der Waals surface area contributed by atoms with E-state index >= 15 is 0 Å². The van der Waals surface area contributed by atoms with Crippen LogP contribution >= 0.6 is 35.1 Å². The van der Waals surface area contributed by atoms with Crippen LogP contribution in [0.25, 0.3) is 0 Å². The summed E-state index contributed by atoms with van der Waals surface area (Å²) >= 11 is 9.21. The zero-order valence-corrected chi connectivity index (χ0v) is 15.4. The van der Waals surface area contributed by atoms with Gasteiger partial charge in [-0.05, 0) is 42.3 Å². The Balaban J connectivity index is 1.58. The molecule has 0 saturated carbocycles. The molecule has 0 saturated heterocycles. The fourth-order valence-corrected chi connectivity index (χ4v) is 3.79. The van der Waals surface area contributed by atoms with Gasteiger partial charge < -0.3 is 5.32 Å². The highest BCUT2D eigenvalue weighted by Gasteiger charge is 2.03. The van der Waals surface area contributed by atoms with Crippen LogP contribution < -0.4 is 5.32 Å². The molecular weight excluding hydrogens is 346 g/mol. The van der Waals surface area contributed by atoms with Gasteiger partial charge in [-0.3, -0.25) is 4.79 Å². The van der Waals surface area contributed by atoms with Gasteiger partial charge in [0.05, 0.1) is 5.75 Å². The SMILES string of the molecule is Cc1ccccc1CSCC(=O)NCCSc1ccc(Cl)cc1. The molecule has 23 heavy (non-hydrogen) atoms. The van der Waals surface area contributed by atoms with Crippen LogP contribution in [0, 0.1) is 6.92 Å². The summed E-state index contributed by atoms with van der Waals surface area (Å²) in [5, 5.41) is 3.70. The van der Waals surface area contributed by atoms with Crippen LogP contribution in [-0.4, -0.2) is 24.0 Å². The van der Waals surface area contributed by atoms with Crippen molar-refractivity contribution < 1.29 is 4.79 Å². The molecule has 0 spiro atoms. The summed E-state index contributed by atoms with van der Waals surface area (Å²) in [5.74, 6) is 2.33. The molecule has 1 amide bonds. The summed E-state index contributed by atoms with van der Waals surface area (Å²) < 4.78 is 0. The van der Waals surface area contributed by atoms with E-state index in [-0.39, 0.29) is 5.91 Å². The molecule has 0 aromatic heterocycles. The lowest BCUT2D eigenvalue weighted by Gasteiger charge is -2.07. The Morgan fingerprint density at radius 1 is 1.13 bits per heavy atom. The summed E-state index contributed by atoms with van der Waals surface area (Å²) in [6.07, 6.45) is 0. The van der Waals surface area contributed by atoms with Gasteiger partial charge >= 0.3 is 0 Å². The number of benzene rings is 2. The van der Waals surface area contributed by atoms with Gasteiger partial charge in [0, 0.05) is 28.0 Å². The topological polar surface area (TPSA) is 29.1 Å². The first-order valence-corrected chi connectivity index (χ1v) is 9.94. The Bertz CT molecular complexity index is 631. The normalized spacial score (nSPS) is 10.5. The van der Waals surface area contributed by atoms with Crippen LogP contribution in [0.2, 0.25) is 5.02 Å². The molecule has 5 heteroatoms. The van der Waals surface area contributed by atoms with Gasteiger partial charge in [-0.1, -0.05) is 35.9 Å². The maximum Gasteiger partial charge on any atom is 0.230 e. The number of halogens is 1. The Labute approximate surface area is 151 Å². The minimum absolute atomic E-state index is 0.0975. The van der Waals surface area contributed by atoms with Crippen molar-refractivity contribution in [1.29, 1.82) is 0 Å². The number of hydrogen-bond donors (Lipinski definition) is 1. The first kappa shape index (κ1) is 18.2. The van der Waals surface area contributed by atoms with E-state index in [0.717, 1.165) is 21.4 Å². The van der Waals surface area contributed by atoms with Crippen LogP contribution in [0.4, 0.5) is 0 Å². The van der Waals surface area contributed by atoms with Crippen molar-refractivity contribution >= 4 is 41.0 Å². The lowest BCUT2D eigenvalue weighted by molar-refractivity contribution is -0.118. The van der Waals surface area contributed by atoms with Crippen molar-refractivity contribution in [2.75, 3.05) is 18.1 Å². The fourth-order valence-electron chi connectivity index (χ4n) is 1.97. The molecule has 0 atom stereocenters. The van der Waals surface area contributed by atoms with Crippen molar-refractivity contribution in [1.82, 2.24) is 5.32 Å². The van der Waals surface area contributed by atoms with E-state index in [1.807, 2.05) is 36.4 Å². The number of carbonyl (C=O) groups excluding carboxylic acids is 1. The van der Waals surface area contributed by atoms with Crippen molar-refractivity contribution in [2.45, 2.75) is 17.6 Å². The second-order valence-electron chi connectivity index (χ2n) is 5.07. The molecule has 0 aliphatic heterocycles. The first-order chi connectivity index (χ1) is 11.1. The molecule has 0 fully saturated rings. The van der Waals surface area contributed by atoms with Crippen molar-refractivity contribution in [3.8, 4) is 0 Å². The Kier molecular flexibility index (Phi) is 7.86. The van der Waals surface area contributed by atoms with E-state index in [1.165, 1.54) is 11.1 Å². The van der Waals surface area contributed by atoms with E-state index in [9.17, 15) is 4.79 Å². The van der Waals surface area contributed by atoms with Crippen LogP contribution in [0.15, 0.2) is 53.4 Å². The first-order valence-electron chi connectivity index (χ1n) is 7.42. The average molecular weight is 366 g/mol. The largest absolute Gasteiger partial charge is 0.355 e. The standard InChI is InChI=1S/C18H20ClNOS2/c1-14-4-2-3-5-15(14)12-22-13-18(21)20-10-11-23-17-8-6-16(19)7-9-17/h2-9H,10-13H2,1H3,(H,20,21). The second kappa shape index (κ2) is 9.91. The van der Waals surface area contributed by atoms with Gasteiger partial charge in [0.2, 0.25) is 5.91 Å². The molecule has 2 rings (SSSR count). The second-order valence-corrected chi connectivity index (χ2v) is 7.66. The Hall–Kier alpha value is -1.10. The van der Waals surface area contributed by atoms with E-state index in [4.69, 9.17) is 11.6 Å². The molecule has 0 bridgehead atoms. The zero-order chi connectivity index (χ0) is 16.5. The predicted octanol–water partition coefficient (Wildman–Crippen LogP) is 4.79. The summed E-state index contributed by atoms with van der Waals surface area (Å²) in [6.45, 7) is 2.78. The molecular formula is C18H20ClNOS2. The highest BCUT2D eigenvalue weighted by molar-refractivity contribution is 7.99. The van der Waals surface area contributed by atoms with Gasteiger partial charge in [0.1, 0.15) is 0 Å². The molecule has 2 nitrogen and oxygen atoms in total. The molecule has 1 N–H and O–H groups in total. The summed E-state index contributed by atoms with van der Waals surface area (Å²) in [6, 6.07) is 16.0. The summed E-state index contributed by atoms with van der Waals surface area (Å²) in [5.41, 5.74) is 2.57. The average Bonchev–Trinajstić information content (AvgIpc) is 2.55. The van der Waals surface area contributed by atoms with Gasteiger partial charge in [0.15, 0.2) is 0 Å². The molecule has 0 aliphatic rings. The van der Waals surface area contributed by atoms with E-state index in [1.54, 1.807) is 23.5 Å². The molecule has 0 heterocycles. The third-order valence-corrected chi connectivity index (χ3v) is 5.51. The number of aryl methyl sites for hydroxylation is 1. The summed E-state index contributed by atoms with van der Waals surface area (Å²) in [4.78, 5) is 13.0. The highest BCUT2D eigenvalue weighted by Crippen LogP contribution is 2.19. The molecule has 0 radical (unpaired) electrons. The summed E-state index contributed by atoms with van der Waals surface area (Å²) in [7, 11) is 0. The minimum atomic E-state index is 0.0975. The van der Waals surface area contributed by atoms with Crippen LogP contribution in [0.5, 0.6) is 0 Å². The third-order valence-electron chi connectivity index (χ3n) is 3.26. The molecule has 0 unspecified atom stereocenters. The van der Waals surface area contributed by atoms with Crippen molar-refractivity contribution in [3.05, 3.63) is 64.7 Å². The molecule has 0 aliphatic carbocycles. The number of hydrogen-bond acceptors (Lipinski definition) is 3. The Morgan fingerprint density at radius 2 is 1.87 bits per heavy atom. The zero-order valence-electron chi connectivity index (χ0n) is 13.0. The van der Waals surface area contributed by atoms with Crippen LogP contribution in [0.3, 0.4) is 0 Å². The van der Waals surface area contributed by atoms with Gasteiger partial charge in [-0.15, -0.1) is 23.5 Å². The highest BCUT2D eigenvalue weighted by atomic mass is 35.5. The monoisotopic (exact) mass is 365 g/mol. The van der Waals surface area contributed by atoms with E-state index in [2.05, 4.69) is 24.4 Å². The minimum Gasteiger partial charge on any atom is -0.355 e. The van der Waals surface area contributed by atoms with E-state index in [0.29, 0.717) is 12.3 Å². The lowest BCUT2D eigenvalue weighted by Crippen LogP contribution is -2.27. The van der Waals surface area contributed by atoms with Gasteiger partial charge in [-0.2, -0.15) is 0 Å². The van der Waals surface area contributed by atoms with Gasteiger partial charge in [0.25, 0.3) is 0 Å². The molecule has 2 aromatic rings. The smallest absolute Gasteiger partial charge is 0.230 e. The number of carbonyl (C=O) groups is 1. The number of rotatable bonds is 8. The number of nitrogens with one attached hydrogen (secondary N) is 1. The lowest BCUT2D eigenvalue weighted by atomic mass is 10.1. The predicted molar refractivity (Wildman–Crippen MR) is 103 cm³/mol. The Morgan fingerprint density at radius 3 is 2.61 bits per heavy atom. The fraction of sp³-hybridized carbons (Fsp3) is 0.278. The van der Waals surface area contributed by atoms with Crippen LogP contribution in [0.1, 0.15) is 11.1 Å². The quantitative estimate of drug-likeness (QED) is 0.538. The third kappa shape index (κ3) is 6.90. The molecule has 122 valence electrons. The van der Waals surface area contributed by atoms with E-state index < -0.39 is 0 Å². The van der Waals surface area contributed by atoms with Crippen LogP contribution in [-0.2, 0) is 10.5 Å². The number of amides is 1. The van der Waals surface area contributed by atoms with Gasteiger partial charge in [-0.25, -0.2) is 0 Å². The molecule has 2 aromatic carbocycles. The maximum absolute atomic E-state index is 11.8. The maximum atomic E-state index is 11.8. The number of thioether (sulfide) groups is 2. The van der Waals surface area contributed by atoms with Crippen molar-refractivity contribution in [3.63, 3.8) is 0 Å². The van der Waals surface area contributed by atoms with Crippen molar-refractivity contribution in [2.24, 2.45) is 0 Å².